The molecule has 3 aromatic carbocycles. The molecule has 6 nitrogen and oxygen atoms in total. The summed E-state index contributed by atoms with van der Waals surface area (Å²) in [6.45, 7) is 1.96. The molecule has 1 unspecified atom stereocenters. The predicted molar refractivity (Wildman–Crippen MR) is 176 cm³/mol. The van der Waals surface area contributed by atoms with Crippen molar-refractivity contribution in [3.63, 3.8) is 0 Å². The lowest BCUT2D eigenvalue weighted by Crippen LogP contribution is -2.36. The standard InChI is InChI=1S/C35H36ClN3O3S/c1-22(40)38(2)27-11-8-24(9-12-27)25-10-13-29(42-3)26(18-25)21-39(31-19-35(31)16-14-23(20-37)15-17-35)34(41)33-32(36)28-6-4-5-7-30(28)43-33/h4-13,18,20,23,31,37H,14-17,19,21H2,1-3H3. The summed E-state index contributed by atoms with van der Waals surface area (Å²) in [6.07, 6.45) is 6.61. The van der Waals surface area contributed by atoms with Crippen molar-refractivity contribution in [1.82, 2.24) is 4.90 Å². The largest absolute Gasteiger partial charge is 0.496 e. The average molecular weight is 614 g/mol. The molecule has 6 rings (SSSR count). The number of thiophene rings is 1. The summed E-state index contributed by atoms with van der Waals surface area (Å²) < 4.78 is 6.81. The van der Waals surface area contributed by atoms with Gasteiger partial charge in [-0.05, 0) is 91.1 Å². The molecule has 1 aromatic heterocycles. The summed E-state index contributed by atoms with van der Waals surface area (Å²) in [4.78, 5) is 30.5. The SMILES string of the molecule is COc1ccc(-c2ccc(N(C)C(C)=O)cc2)cc1CN(C(=O)c1sc2ccccc2c1Cl)C1CC12CCC(C=N)CC2. The van der Waals surface area contributed by atoms with Crippen molar-refractivity contribution >= 4 is 56.7 Å². The Kier molecular flexibility index (Phi) is 8.05. The van der Waals surface area contributed by atoms with Crippen LogP contribution in [0.5, 0.6) is 5.75 Å². The maximum absolute atomic E-state index is 14.4. The number of nitrogens with zero attached hydrogens (tertiary/aromatic N) is 2. The van der Waals surface area contributed by atoms with Gasteiger partial charge in [0.1, 0.15) is 10.6 Å². The number of amides is 2. The number of halogens is 1. The maximum atomic E-state index is 14.4. The van der Waals surface area contributed by atoms with E-state index >= 15 is 0 Å². The van der Waals surface area contributed by atoms with Gasteiger partial charge in [-0.2, -0.15) is 0 Å². The molecule has 1 heterocycles. The number of carbonyl (C=O) groups is 2. The second-order valence-corrected chi connectivity index (χ2v) is 13.3. The van der Waals surface area contributed by atoms with Crippen molar-refractivity contribution in [1.29, 1.82) is 5.41 Å². The summed E-state index contributed by atoms with van der Waals surface area (Å²) in [5.41, 5.74) is 3.89. The van der Waals surface area contributed by atoms with Crippen LogP contribution in [0.3, 0.4) is 0 Å². The number of nitrogens with one attached hydrogen (secondary N) is 1. The number of benzene rings is 3. The molecule has 0 radical (unpaired) electrons. The van der Waals surface area contributed by atoms with Gasteiger partial charge in [-0.1, -0.05) is 48.0 Å². The molecule has 43 heavy (non-hydrogen) atoms. The van der Waals surface area contributed by atoms with Crippen LogP contribution in [0.4, 0.5) is 5.69 Å². The van der Waals surface area contributed by atoms with Crippen LogP contribution < -0.4 is 9.64 Å². The zero-order chi connectivity index (χ0) is 30.3. The average Bonchev–Trinajstić information content (AvgIpc) is 3.62. The number of ether oxygens (including phenoxy) is 1. The first kappa shape index (κ1) is 29.4. The van der Waals surface area contributed by atoms with Crippen molar-refractivity contribution in [2.45, 2.75) is 51.6 Å². The second kappa shape index (κ2) is 11.8. The van der Waals surface area contributed by atoms with Crippen molar-refractivity contribution in [2.24, 2.45) is 11.3 Å². The third kappa shape index (κ3) is 5.56. The van der Waals surface area contributed by atoms with Gasteiger partial charge in [-0.15, -0.1) is 11.3 Å². The number of anilines is 1. The van der Waals surface area contributed by atoms with Gasteiger partial charge >= 0.3 is 0 Å². The summed E-state index contributed by atoms with van der Waals surface area (Å²) in [6, 6.07) is 22.0. The zero-order valence-corrected chi connectivity index (χ0v) is 26.3. The fourth-order valence-corrected chi connectivity index (χ4v) is 8.08. The second-order valence-electron chi connectivity index (χ2n) is 11.9. The molecule has 2 aliphatic rings. The predicted octanol–water partition coefficient (Wildman–Crippen LogP) is 8.45. The lowest BCUT2D eigenvalue weighted by molar-refractivity contribution is -0.116. The van der Waals surface area contributed by atoms with Gasteiger partial charge in [0.25, 0.3) is 5.91 Å². The highest BCUT2D eigenvalue weighted by atomic mass is 35.5. The third-order valence-corrected chi connectivity index (χ3v) is 11.1. The maximum Gasteiger partial charge on any atom is 0.266 e. The molecule has 0 saturated heterocycles. The number of methoxy groups -OCH3 is 1. The van der Waals surface area contributed by atoms with E-state index in [1.807, 2.05) is 65.6 Å². The summed E-state index contributed by atoms with van der Waals surface area (Å²) in [5, 5.41) is 9.17. The quantitative estimate of drug-likeness (QED) is 0.203. The number of hydrogen-bond acceptors (Lipinski definition) is 5. The monoisotopic (exact) mass is 613 g/mol. The van der Waals surface area contributed by atoms with E-state index in [0.29, 0.717) is 22.4 Å². The Bertz CT molecular complexity index is 1690. The Morgan fingerprint density at radius 3 is 2.42 bits per heavy atom. The van der Waals surface area contributed by atoms with Crippen LogP contribution in [0.1, 0.15) is 54.3 Å². The van der Waals surface area contributed by atoms with Crippen molar-refractivity contribution < 1.29 is 14.3 Å². The molecule has 2 aliphatic carbocycles. The van der Waals surface area contributed by atoms with Crippen LogP contribution in [0.25, 0.3) is 21.2 Å². The molecule has 222 valence electrons. The Morgan fingerprint density at radius 2 is 1.77 bits per heavy atom. The fraction of sp³-hybridized carbons (Fsp3) is 0.343. The van der Waals surface area contributed by atoms with Crippen LogP contribution in [-0.2, 0) is 11.3 Å². The van der Waals surface area contributed by atoms with Crippen LogP contribution in [-0.4, -0.2) is 43.1 Å². The number of carbonyl (C=O) groups excluding carboxylic acids is 2. The normalized spacial score (nSPS) is 21.0. The molecule has 0 bridgehead atoms. The van der Waals surface area contributed by atoms with Gasteiger partial charge in [-0.3, -0.25) is 9.59 Å². The Morgan fingerprint density at radius 1 is 1.07 bits per heavy atom. The first-order valence-corrected chi connectivity index (χ1v) is 15.9. The highest BCUT2D eigenvalue weighted by molar-refractivity contribution is 7.21. The molecule has 4 aromatic rings. The Balaban J connectivity index is 1.35. The molecule has 8 heteroatoms. The van der Waals surface area contributed by atoms with E-state index in [1.54, 1.807) is 32.2 Å². The third-order valence-electron chi connectivity index (χ3n) is 9.46. The molecule has 1 spiro atoms. The minimum absolute atomic E-state index is 0.0212. The van der Waals surface area contributed by atoms with Gasteiger partial charge < -0.3 is 19.9 Å². The first-order valence-electron chi connectivity index (χ1n) is 14.7. The van der Waals surface area contributed by atoms with Crippen molar-refractivity contribution in [2.75, 3.05) is 19.1 Å². The number of hydrogen-bond donors (Lipinski definition) is 1. The molecular formula is C35H36ClN3O3S. The van der Waals surface area contributed by atoms with E-state index in [2.05, 4.69) is 6.07 Å². The van der Waals surface area contributed by atoms with Crippen LogP contribution in [0.2, 0.25) is 5.02 Å². The van der Waals surface area contributed by atoms with E-state index in [0.717, 1.165) is 70.3 Å². The van der Waals surface area contributed by atoms with Gasteiger partial charge in [0.15, 0.2) is 0 Å². The van der Waals surface area contributed by atoms with Gasteiger partial charge in [-0.25, -0.2) is 0 Å². The lowest BCUT2D eigenvalue weighted by atomic mass is 9.79. The number of rotatable bonds is 8. The van der Waals surface area contributed by atoms with E-state index in [-0.39, 0.29) is 23.3 Å². The minimum Gasteiger partial charge on any atom is -0.496 e. The molecule has 0 aliphatic heterocycles. The highest BCUT2D eigenvalue weighted by Crippen LogP contribution is 2.60. The van der Waals surface area contributed by atoms with E-state index in [1.165, 1.54) is 11.3 Å². The zero-order valence-electron chi connectivity index (χ0n) is 24.7. The van der Waals surface area contributed by atoms with Gasteiger partial charge in [0.2, 0.25) is 5.91 Å². The molecule has 2 saturated carbocycles. The Hall–Kier alpha value is -3.68. The Labute approximate surface area is 261 Å². The van der Waals surface area contributed by atoms with Crippen LogP contribution >= 0.6 is 22.9 Å². The lowest BCUT2D eigenvalue weighted by Gasteiger charge is -2.31. The van der Waals surface area contributed by atoms with Crippen molar-refractivity contribution in [3.8, 4) is 16.9 Å². The molecule has 1 atom stereocenters. The number of fused-ring (bicyclic) bond motifs is 1. The van der Waals surface area contributed by atoms with Crippen LogP contribution in [0.15, 0.2) is 66.7 Å². The smallest absolute Gasteiger partial charge is 0.266 e. The van der Waals surface area contributed by atoms with E-state index < -0.39 is 0 Å². The summed E-state index contributed by atoms with van der Waals surface area (Å²) in [7, 11) is 3.43. The van der Waals surface area contributed by atoms with Crippen LogP contribution in [0, 0.1) is 16.7 Å². The fourth-order valence-electron chi connectivity index (χ4n) is 6.62. The first-order chi connectivity index (χ1) is 20.7. The van der Waals surface area contributed by atoms with Gasteiger partial charge in [0.05, 0.1) is 12.1 Å². The topological polar surface area (TPSA) is 73.7 Å². The molecular weight excluding hydrogens is 578 g/mol. The van der Waals surface area contributed by atoms with Crippen molar-refractivity contribution in [3.05, 3.63) is 82.2 Å². The summed E-state index contributed by atoms with van der Waals surface area (Å²) in [5.74, 6) is 1.02. The van der Waals surface area contributed by atoms with E-state index in [9.17, 15) is 9.59 Å². The van der Waals surface area contributed by atoms with E-state index in [4.69, 9.17) is 21.7 Å². The molecule has 2 fully saturated rings. The highest BCUT2D eigenvalue weighted by Gasteiger charge is 2.58. The summed E-state index contributed by atoms with van der Waals surface area (Å²) >= 11 is 8.30. The minimum atomic E-state index is -0.0358. The molecule has 1 N–H and O–H groups in total. The molecule has 2 amide bonds. The van der Waals surface area contributed by atoms with Gasteiger partial charge in [0, 0.05) is 47.9 Å².